The van der Waals surface area contributed by atoms with Crippen LogP contribution in [-0.2, 0) is 11.4 Å². The molecule has 4 nitrogen and oxygen atoms in total. The molecule has 2 N–H and O–H groups in total. The Balaban J connectivity index is 1.94. The molecule has 0 unspecified atom stereocenters. The van der Waals surface area contributed by atoms with Crippen molar-refractivity contribution in [3.05, 3.63) is 58.6 Å². The Hall–Kier alpha value is -2.04. The minimum Gasteiger partial charge on any atom is -0.482 e. The van der Waals surface area contributed by atoms with Crippen LogP contribution in [0.3, 0.4) is 0 Å². The van der Waals surface area contributed by atoms with Crippen molar-refractivity contribution >= 4 is 23.2 Å². The van der Waals surface area contributed by atoms with Crippen molar-refractivity contribution in [2.45, 2.75) is 13.5 Å². The molecule has 0 aliphatic carbocycles. The molecule has 0 radical (unpaired) electrons. The normalized spacial score (nSPS) is 10.2. The van der Waals surface area contributed by atoms with Gasteiger partial charge in [0.1, 0.15) is 5.75 Å². The minimum absolute atomic E-state index is 0.0703. The van der Waals surface area contributed by atoms with Gasteiger partial charge in [0.25, 0.3) is 5.91 Å². The second-order valence-corrected chi connectivity index (χ2v) is 5.04. The second-order valence-electron chi connectivity index (χ2n) is 4.63. The molecule has 0 aromatic heterocycles. The number of halogens is 1. The van der Waals surface area contributed by atoms with E-state index in [4.69, 9.17) is 21.4 Å². The summed E-state index contributed by atoms with van der Waals surface area (Å²) < 4.78 is 5.41. The molecule has 0 atom stereocenters. The molecule has 0 aliphatic rings. The maximum atomic E-state index is 11.8. The molecule has 2 aromatic rings. The Morgan fingerprint density at radius 3 is 2.86 bits per heavy atom. The molecule has 0 aliphatic heterocycles. The fraction of sp³-hybridized carbons (Fsp3) is 0.188. The zero-order chi connectivity index (χ0) is 15.2. The van der Waals surface area contributed by atoms with Gasteiger partial charge in [-0.1, -0.05) is 29.8 Å². The summed E-state index contributed by atoms with van der Waals surface area (Å²) in [6, 6.07) is 12.4. The quantitative estimate of drug-likeness (QED) is 0.892. The van der Waals surface area contributed by atoms with Gasteiger partial charge in [-0.05, 0) is 42.3 Å². The first kappa shape index (κ1) is 15.4. The highest BCUT2D eigenvalue weighted by Gasteiger charge is 2.07. The van der Waals surface area contributed by atoms with Gasteiger partial charge >= 0.3 is 0 Å². The molecule has 0 saturated heterocycles. The number of benzene rings is 2. The molecule has 21 heavy (non-hydrogen) atoms. The summed E-state index contributed by atoms with van der Waals surface area (Å²) in [5, 5.41) is 12.2. The Morgan fingerprint density at radius 1 is 1.29 bits per heavy atom. The van der Waals surface area contributed by atoms with E-state index in [2.05, 4.69) is 5.32 Å². The number of hydrogen-bond donors (Lipinski definition) is 2. The minimum atomic E-state index is -0.289. The van der Waals surface area contributed by atoms with Crippen LogP contribution in [0.1, 0.15) is 11.1 Å². The first-order valence-electron chi connectivity index (χ1n) is 6.47. The Labute approximate surface area is 128 Å². The predicted molar refractivity (Wildman–Crippen MR) is 82.7 cm³/mol. The average molecular weight is 306 g/mol. The van der Waals surface area contributed by atoms with Crippen LogP contribution in [0.25, 0.3) is 0 Å². The van der Waals surface area contributed by atoms with Crippen LogP contribution in [0.4, 0.5) is 5.69 Å². The van der Waals surface area contributed by atoms with Crippen molar-refractivity contribution < 1.29 is 14.6 Å². The predicted octanol–water partition coefficient (Wildman–Crippen LogP) is 3.16. The van der Waals surface area contributed by atoms with Crippen molar-refractivity contribution in [2.75, 3.05) is 11.9 Å². The molecule has 2 rings (SSSR count). The van der Waals surface area contributed by atoms with Gasteiger partial charge in [-0.25, -0.2) is 0 Å². The summed E-state index contributed by atoms with van der Waals surface area (Å²) in [6.45, 7) is 1.72. The Bertz CT molecular complexity index is 643. The van der Waals surface area contributed by atoms with Gasteiger partial charge in [0.05, 0.1) is 11.6 Å². The van der Waals surface area contributed by atoms with Gasteiger partial charge in [0, 0.05) is 5.69 Å². The smallest absolute Gasteiger partial charge is 0.262 e. The molecule has 0 saturated carbocycles. The van der Waals surface area contributed by atoms with Crippen molar-refractivity contribution in [2.24, 2.45) is 0 Å². The highest BCUT2D eigenvalue weighted by atomic mass is 35.5. The summed E-state index contributed by atoms with van der Waals surface area (Å²) in [7, 11) is 0. The number of rotatable bonds is 5. The summed E-state index contributed by atoms with van der Waals surface area (Å²) in [5.41, 5.74) is 2.35. The number of nitrogens with one attached hydrogen (secondary N) is 1. The molecule has 2 aromatic carbocycles. The highest BCUT2D eigenvalue weighted by Crippen LogP contribution is 2.25. The molecular weight excluding hydrogens is 290 g/mol. The Kier molecular flexibility index (Phi) is 5.20. The topological polar surface area (TPSA) is 58.6 Å². The van der Waals surface area contributed by atoms with E-state index in [-0.39, 0.29) is 19.1 Å². The number of amides is 1. The summed E-state index contributed by atoms with van der Waals surface area (Å²) >= 11 is 5.99. The highest BCUT2D eigenvalue weighted by molar-refractivity contribution is 6.32. The Morgan fingerprint density at radius 2 is 2.10 bits per heavy atom. The third-order valence-electron chi connectivity index (χ3n) is 2.84. The molecule has 0 spiro atoms. The molecule has 0 fully saturated rings. The van der Waals surface area contributed by atoms with Crippen LogP contribution in [0.2, 0.25) is 5.02 Å². The largest absolute Gasteiger partial charge is 0.482 e. The van der Waals surface area contributed by atoms with Gasteiger partial charge in [-0.2, -0.15) is 0 Å². The third kappa shape index (κ3) is 4.48. The maximum Gasteiger partial charge on any atom is 0.262 e. The zero-order valence-electron chi connectivity index (χ0n) is 11.6. The molecule has 0 heterocycles. The van der Waals surface area contributed by atoms with E-state index in [0.717, 1.165) is 11.1 Å². The van der Waals surface area contributed by atoms with Gasteiger partial charge in [0.15, 0.2) is 6.61 Å². The fourth-order valence-corrected chi connectivity index (χ4v) is 1.98. The van der Waals surface area contributed by atoms with Crippen LogP contribution in [0.5, 0.6) is 5.75 Å². The average Bonchev–Trinajstić information content (AvgIpc) is 2.48. The van der Waals surface area contributed by atoms with Crippen LogP contribution in [0.15, 0.2) is 42.5 Å². The number of aryl methyl sites for hydroxylation is 1. The SMILES string of the molecule is Cc1ccc(Cl)c(OCC(=O)Nc2cccc(CO)c2)c1. The first-order valence-corrected chi connectivity index (χ1v) is 6.85. The van der Waals surface area contributed by atoms with E-state index in [0.29, 0.717) is 16.5 Å². The number of carbonyl (C=O) groups excluding carboxylic acids is 1. The van der Waals surface area contributed by atoms with Gasteiger partial charge in [0.2, 0.25) is 0 Å². The van der Waals surface area contributed by atoms with Crippen LogP contribution < -0.4 is 10.1 Å². The number of ether oxygens (including phenoxy) is 1. The van der Waals surface area contributed by atoms with Crippen LogP contribution >= 0.6 is 11.6 Å². The number of aliphatic hydroxyl groups is 1. The maximum absolute atomic E-state index is 11.8. The van der Waals surface area contributed by atoms with E-state index in [1.54, 1.807) is 36.4 Å². The lowest BCUT2D eigenvalue weighted by Crippen LogP contribution is -2.20. The molecule has 110 valence electrons. The molecule has 5 heteroatoms. The van der Waals surface area contributed by atoms with E-state index in [1.165, 1.54) is 0 Å². The molecule has 0 bridgehead atoms. The fourth-order valence-electron chi connectivity index (χ4n) is 1.81. The monoisotopic (exact) mass is 305 g/mol. The van der Waals surface area contributed by atoms with E-state index >= 15 is 0 Å². The summed E-state index contributed by atoms with van der Waals surface area (Å²) in [5.74, 6) is 0.193. The van der Waals surface area contributed by atoms with Gasteiger partial charge < -0.3 is 15.2 Å². The lowest BCUT2D eigenvalue weighted by atomic mass is 10.2. The van der Waals surface area contributed by atoms with E-state index in [9.17, 15) is 4.79 Å². The molecular formula is C16H16ClNO3. The lowest BCUT2D eigenvalue weighted by molar-refractivity contribution is -0.118. The lowest BCUT2D eigenvalue weighted by Gasteiger charge is -2.10. The number of aliphatic hydroxyl groups excluding tert-OH is 1. The van der Waals surface area contributed by atoms with Crippen LogP contribution in [0, 0.1) is 6.92 Å². The van der Waals surface area contributed by atoms with Crippen molar-refractivity contribution in [3.63, 3.8) is 0 Å². The standard InChI is InChI=1S/C16H16ClNO3/c1-11-5-6-14(17)15(7-11)21-10-16(20)18-13-4-2-3-12(8-13)9-19/h2-8,19H,9-10H2,1H3,(H,18,20). The van der Waals surface area contributed by atoms with E-state index < -0.39 is 0 Å². The number of carbonyl (C=O) groups is 1. The van der Waals surface area contributed by atoms with Gasteiger partial charge in [-0.3, -0.25) is 4.79 Å². The van der Waals surface area contributed by atoms with Crippen molar-refractivity contribution in [1.29, 1.82) is 0 Å². The first-order chi connectivity index (χ1) is 10.1. The third-order valence-corrected chi connectivity index (χ3v) is 3.15. The summed E-state index contributed by atoms with van der Waals surface area (Å²) in [6.07, 6.45) is 0. The van der Waals surface area contributed by atoms with Crippen LogP contribution in [-0.4, -0.2) is 17.6 Å². The van der Waals surface area contributed by atoms with Crippen molar-refractivity contribution in [3.8, 4) is 5.75 Å². The summed E-state index contributed by atoms with van der Waals surface area (Å²) in [4.78, 5) is 11.8. The second kappa shape index (κ2) is 7.11. The zero-order valence-corrected chi connectivity index (χ0v) is 12.4. The van der Waals surface area contributed by atoms with Crippen molar-refractivity contribution in [1.82, 2.24) is 0 Å². The number of hydrogen-bond acceptors (Lipinski definition) is 3. The number of anilines is 1. The van der Waals surface area contributed by atoms with E-state index in [1.807, 2.05) is 13.0 Å². The molecule has 1 amide bonds. The van der Waals surface area contributed by atoms with Gasteiger partial charge in [-0.15, -0.1) is 0 Å².